The van der Waals surface area contributed by atoms with Gasteiger partial charge in [-0.25, -0.2) is 8.42 Å². The highest BCUT2D eigenvalue weighted by molar-refractivity contribution is 7.92. The van der Waals surface area contributed by atoms with Crippen molar-refractivity contribution in [3.8, 4) is 11.5 Å². The molecule has 0 saturated carbocycles. The van der Waals surface area contributed by atoms with Crippen molar-refractivity contribution >= 4 is 15.7 Å². The van der Waals surface area contributed by atoms with E-state index in [-0.39, 0.29) is 6.04 Å². The molecule has 7 heteroatoms. The fourth-order valence-electron chi connectivity index (χ4n) is 4.30. The van der Waals surface area contributed by atoms with E-state index in [1.807, 2.05) is 36.4 Å². The van der Waals surface area contributed by atoms with Crippen LogP contribution in [0.3, 0.4) is 0 Å². The van der Waals surface area contributed by atoms with Crippen LogP contribution in [0.2, 0.25) is 0 Å². The van der Waals surface area contributed by atoms with Crippen molar-refractivity contribution in [2.45, 2.75) is 30.3 Å². The Kier molecular flexibility index (Phi) is 7.20. The van der Waals surface area contributed by atoms with E-state index in [9.17, 15) is 8.42 Å². The smallest absolute Gasteiger partial charge is 0.264 e. The van der Waals surface area contributed by atoms with Gasteiger partial charge in [-0.2, -0.15) is 0 Å². The highest BCUT2D eigenvalue weighted by Gasteiger charge is 2.34. The monoisotopic (exact) mass is 466 g/mol. The fraction of sp³-hybridized carbons (Fsp3) is 0.308. The van der Waals surface area contributed by atoms with Gasteiger partial charge in [0.15, 0.2) is 0 Å². The molecule has 6 nitrogen and oxygen atoms in total. The summed E-state index contributed by atoms with van der Waals surface area (Å²) in [7, 11) is -0.463. The van der Waals surface area contributed by atoms with Crippen LogP contribution in [-0.4, -0.2) is 46.7 Å². The molecule has 0 amide bonds. The summed E-state index contributed by atoms with van der Waals surface area (Å²) < 4.78 is 39.7. The minimum Gasteiger partial charge on any atom is -0.497 e. The Morgan fingerprint density at radius 3 is 2.15 bits per heavy atom. The summed E-state index contributed by atoms with van der Waals surface area (Å²) in [5.74, 6) is 1.48. The molecule has 3 aromatic carbocycles. The minimum atomic E-state index is -3.72. The Bertz CT molecular complexity index is 1140. The third kappa shape index (κ3) is 5.31. The Balaban J connectivity index is 1.55. The van der Waals surface area contributed by atoms with Crippen LogP contribution in [-0.2, 0) is 16.6 Å². The predicted molar refractivity (Wildman–Crippen MR) is 130 cm³/mol. The summed E-state index contributed by atoms with van der Waals surface area (Å²) in [6.45, 7) is 2.48. The van der Waals surface area contributed by atoms with Gasteiger partial charge in [-0.05, 0) is 54.8 Å². The topological polar surface area (TPSA) is 59.1 Å². The number of methoxy groups -OCH3 is 2. The van der Waals surface area contributed by atoms with Gasteiger partial charge in [-0.1, -0.05) is 36.4 Å². The normalized spacial score (nSPS) is 15.2. The summed E-state index contributed by atoms with van der Waals surface area (Å²) in [5, 5.41) is 0. The van der Waals surface area contributed by atoms with Gasteiger partial charge in [0.2, 0.25) is 0 Å². The molecular formula is C26H30N2O4S. The van der Waals surface area contributed by atoms with Gasteiger partial charge in [-0.3, -0.25) is 9.21 Å². The average molecular weight is 467 g/mol. The largest absolute Gasteiger partial charge is 0.497 e. The number of rotatable bonds is 8. The van der Waals surface area contributed by atoms with Gasteiger partial charge in [-0.15, -0.1) is 0 Å². The second-order valence-electron chi connectivity index (χ2n) is 8.17. The first-order valence-corrected chi connectivity index (χ1v) is 12.5. The van der Waals surface area contributed by atoms with E-state index >= 15 is 0 Å². The van der Waals surface area contributed by atoms with Crippen molar-refractivity contribution < 1.29 is 17.9 Å². The molecule has 1 aliphatic heterocycles. The van der Waals surface area contributed by atoms with E-state index in [4.69, 9.17) is 9.47 Å². The first-order chi connectivity index (χ1) is 16.0. The van der Waals surface area contributed by atoms with Crippen LogP contribution >= 0.6 is 0 Å². The van der Waals surface area contributed by atoms with E-state index < -0.39 is 10.0 Å². The molecule has 1 heterocycles. The highest BCUT2D eigenvalue weighted by atomic mass is 32.2. The molecule has 1 saturated heterocycles. The number of hydrogen-bond acceptors (Lipinski definition) is 5. The first-order valence-electron chi connectivity index (χ1n) is 11.1. The number of benzene rings is 3. The lowest BCUT2D eigenvalue weighted by molar-refractivity contribution is 0.206. The zero-order valence-corrected chi connectivity index (χ0v) is 19.9. The molecule has 0 aliphatic carbocycles. The van der Waals surface area contributed by atoms with Gasteiger partial charge in [0, 0.05) is 31.7 Å². The van der Waals surface area contributed by atoms with Gasteiger partial charge in [0.25, 0.3) is 10.0 Å². The zero-order chi connectivity index (χ0) is 23.3. The fourth-order valence-corrected chi connectivity index (χ4v) is 6.02. The molecule has 0 spiro atoms. The quantitative estimate of drug-likeness (QED) is 0.487. The lowest BCUT2D eigenvalue weighted by Crippen LogP contribution is -2.47. The van der Waals surface area contributed by atoms with Crippen molar-refractivity contribution in [3.63, 3.8) is 0 Å². The lowest BCUT2D eigenvalue weighted by Gasteiger charge is -2.39. The summed E-state index contributed by atoms with van der Waals surface area (Å²) in [6.07, 6.45) is 1.50. The van der Waals surface area contributed by atoms with Gasteiger partial charge >= 0.3 is 0 Å². The van der Waals surface area contributed by atoms with Crippen LogP contribution in [0.4, 0.5) is 5.69 Å². The van der Waals surface area contributed by atoms with Crippen LogP contribution in [0.1, 0.15) is 18.4 Å². The molecule has 4 rings (SSSR count). The van der Waals surface area contributed by atoms with Crippen molar-refractivity contribution in [2.75, 3.05) is 31.6 Å². The Hall–Kier alpha value is -3.03. The number of anilines is 1. The van der Waals surface area contributed by atoms with E-state index in [0.29, 0.717) is 16.3 Å². The van der Waals surface area contributed by atoms with Crippen molar-refractivity contribution in [3.05, 3.63) is 84.4 Å². The van der Waals surface area contributed by atoms with E-state index in [1.54, 1.807) is 48.9 Å². The maximum Gasteiger partial charge on any atom is 0.264 e. The minimum absolute atomic E-state index is 0.130. The summed E-state index contributed by atoms with van der Waals surface area (Å²) in [4.78, 5) is 2.67. The number of sulfonamides is 1. The maximum absolute atomic E-state index is 13.7. The summed E-state index contributed by atoms with van der Waals surface area (Å²) >= 11 is 0. The van der Waals surface area contributed by atoms with Crippen LogP contribution in [0.25, 0.3) is 0 Å². The first kappa shape index (κ1) is 23.1. The van der Waals surface area contributed by atoms with Crippen molar-refractivity contribution in [2.24, 2.45) is 0 Å². The molecule has 0 N–H and O–H groups in total. The van der Waals surface area contributed by atoms with E-state index in [0.717, 1.165) is 38.2 Å². The van der Waals surface area contributed by atoms with E-state index in [1.165, 1.54) is 5.56 Å². The molecule has 33 heavy (non-hydrogen) atoms. The zero-order valence-electron chi connectivity index (χ0n) is 19.1. The Labute approximate surface area is 196 Å². The predicted octanol–water partition coefficient (Wildman–Crippen LogP) is 4.56. The second kappa shape index (κ2) is 10.3. The molecule has 0 bridgehead atoms. The SMILES string of the molecule is COc1ccc(CN2CCC(N(c3cccc(OC)c3)S(=O)(=O)c3ccccc3)CC2)cc1. The van der Waals surface area contributed by atoms with Crippen LogP contribution in [0.5, 0.6) is 11.5 Å². The van der Waals surface area contributed by atoms with Crippen molar-refractivity contribution in [1.82, 2.24) is 4.90 Å². The second-order valence-corrected chi connectivity index (χ2v) is 9.99. The number of nitrogens with zero attached hydrogens (tertiary/aromatic N) is 2. The number of hydrogen-bond donors (Lipinski definition) is 0. The van der Waals surface area contributed by atoms with Crippen molar-refractivity contribution in [1.29, 1.82) is 0 Å². The molecule has 1 aliphatic rings. The average Bonchev–Trinajstić information content (AvgIpc) is 2.86. The Morgan fingerprint density at radius 2 is 1.52 bits per heavy atom. The number of ether oxygens (including phenoxy) is 2. The van der Waals surface area contributed by atoms with Gasteiger partial charge in [0.1, 0.15) is 11.5 Å². The molecule has 0 radical (unpaired) electrons. The van der Waals surface area contributed by atoms with Crippen LogP contribution in [0, 0.1) is 0 Å². The molecular weight excluding hydrogens is 436 g/mol. The highest BCUT2D eigenvalue weighted by Crippen LogP contribution is 2.32. The number of likely N-dealkylation sites (tertiary alicyclic amines) is 1. The molecule has 0 aromatic heterocycles. The molecule has 174 valence electrons. The molecule has 0 unspecified atom stereocenters. The van der Waals surface area contributed by atoms with Crippen LogP contribution < -0.4 is 13.8 Å². The summed E-state index contributed by atoms with van der Waals surface area (Å²) in [6, 6.07) is 23.9. The lowest BCUT2D eigenvalue weighted by atomic mass is 10.0. The van der Waals surface area contributed by atoms with E-state index in [2.05, 4.69) is 17.0 Å². The van der Waals surface area contributed by atoms with Crippen LogP contribution in [0.15, 0.2) is 83.8 Å². The third-order valence-electron chi connectivity index (χ3n) is 6.06. The summed E-state index contributed by atoms with van der Waals surface area (Å²) in [5.41, 5.74) is 1.85. The van der Waals surface area contributed by atoms with Gasteiger partial charge in [0.05, 0.1) is 24.8 Å². The Morgan fingerprint density at radius 1 is 0.848 bits per heavy atom. The van der Waals surface area contributed by atoms with Gasteiger partial charge < -0.3 is 9.47 Å². The third-order valence-corrected chi connectivity index (χ3v) is 7.96. The molecule has 3 aromatic rings. The molecule has 1 fully saturated rings. The number of piperidine rings is 1. The standard InChI is InChI=1S/C26H30N2O4S/c1-31-24-13-11-21(12-14-24)20-27-17-15-22(16-18-27)28(23-7-6-8-25(19-23)32-2)33(29,30)26-9-4-3-5-10-26/h3-14,19,22H,15-18,20H2,1-2H3. The maximum atomic E-state index is 13.7. The molecule has 0 atom stereocenters.